The van der Waals surface area contributed by atoms with Crippen molar-refractivity contribution in [1.29, 1.82) is 0 Å². The van der Waals surface area contributed by atoms with Gasteiger partial charge in [-0.1, -0.05) is 0 Å². The van der Waals surface area contributed by atoms with E-state index in [-0.39, 0.29) is 5.91 Å². The zero-order valence-electron chi connectivity index (χ0n) is 15.1. The molecule has 0 bridgehead atoms. The number of carbonyl (C=O) groups is 2. The van der Waals surface area contributed by atoms with Crippen molar-refractivity contribution in [3.8, 4) is 17.0 Å². The van der Waals surface area contributed by atoms with Crippen LogP contribution in [0, 0.1) is 6.92 Å². The average molecular weight is 382 g/mol. The molecular formula is C20H18N2O4S. The molecule has 0 radical (unpaired) electrons. The molecule has 0 unspecified atom stereocenters. The minimum Gasteiger partial charge on any atom is -0.496 e. The third-order valence-electron chi connectivity index (χ3n) is 3.98. The minimum absolute atomic E-state index is 0.293. The van der Waals surface area contributed by atoms with Gasteiger partial charge in [-0.05, 0) is 55.0 Å². The molecule has 1 heterocycles. The van der Waals surface area contributed by atoms with Crippen LogP contribution in [0.15, 0.2) is 47.8 Å². The highest BCUT2D eigenvalue weighted by Crippen LogP contribution is 2.29. The highest BCUT2D eigenvalue weighted by atomic mass is 32.1. The van der Waals surface area contributed by atoms with E-state index >= 15 is 0 Å². The zero-order chi connectivity index (χ0) is 19.4. The number of thiazole rings is 1. The van der Waals surface area contributed by atoms with Gasteiger partial charge in [0.05, 0.1) is 25.5 Å². The number of hydrogen-bond donors (Lipinski definition) is 1. The predicted octanol–water partition coefficient (Wildman–Crippen LogP) is 4.17. The second-order valence-electron chi connectivity index (χ2n) is 5.75. The second-order valence-corrected chi connectivity index (χ2v) is 6.60. The van der Waals surface area contributed by atoms with Gasteiger partial charge >= 0.3 is 5.97 Å². The Kier molecular flexibility index (Phi) is 5.52. The van der Waals surface area contributed by atoms with Crippen LogP contribution in [0.1, 0.15) is 26.3 Å². The summed E-state index contributed by atoms with van der Waals surface area (Å²) < 4.78 is 9.91. The highest BCUT2D eigenvalue weighted by molar-refractivity contribution is 7.14. The summed E-state index contributed by atoms with van der Waals surface area (Å²) in [5, 5.41) is 5.16. The maximum atomic E-state index is 12.4. The Labute approximate surface area is 160 Å². The van der Waals surface area contributed by atoms with Gasteiger partial charge in [0.1, 0.15) is 5.75 Å². The molecule has 1 amide bonds. The van der Waals surface area contributed by atoms with Crippen molar-refractivity contribution in [2.75, 3.05) is 19.5 Å². The Hall–Kier alpha value is -3.19. The topological polar surface area (TPSA) is 77.5 Å². The normalized spacial score (nSPS) is 10.3. The third kappa shape index (κ3) is 4.15. The number of ether oxygens (including phenoxy) is 2. The van der Waals surface area contributed by atoms with Crippen LogP contribution in [0.5, 0.6) is 5.75 Å². The van der Waals surface area contributed by atoms with Gasteiger partial charge in [0.15, 0.2) is 5.13 Å². The quantitative estimate of drug-likeness (QED) is 0.670. The van der Waals surface area contributed by atoms with Gasteiger partial charge < -0.3 is 9.47 Å². The van der Waals surface area contributed by atoms with Crippen molar-refractivity contribution in [3.05, 3.63) is 64.5 Å². The maximum absolute atomic E-state index is 12.4. The van der Waals surface area contributed by atoms with Crippen molar-refractivity contribution < 1.29 is 19.1 Å². The first-order chi connectivity index (χ1) is 13.0. The summed E-state index contributed by atoms with van der Waals surface area (Å²) in [6, 6.07) is 12.1. The van der Waals surface area contributed by atoms with Gasteiger partial charge in [-0.2, -0.15) is 0 Å². The molecule has 1 N–H and O–H groups in total. The van der Waals surface area contributed by atoms with Gasteiger partial charge in [0, 0.05) is 16.5 Å². The van der Waals surface area contributed by atoms with Crippen molar-refractivity contribution in [2.45, 2.75) is 6.92 Å². The Morgan fingerprint density at radius 3 is 2.37 bits per heavy atom. The van der Waals surface area contributed by atoms with Crippen LogP contribution < -0.4 is 10.1 Å². The lowest BCUT2D eigenvalue weighted by molar-refractivity contribution is 0.0600. The molecule has 0 saturated heterocycles. The van der Waals surface area contributed by atoms with E-state index < -0.39 is 5.97 Å². The molecule has 3 rings (SSSR count). The predicted molar refractivity (Wildman–Crippen MR) is 105 cm³/mol. The molecule has 0 aliphatic rings. The van der Waals surface area contributed by atoms with Crippen molar-refractivity contribution in [3.63, 3.8) is 0 Å². The van der Waals surface area contributed by atoms with E-state index in [0.717, 1.165) is 22.6 Å². The number of nitrogens with zero attached hydrogens (tertiary/aromatic N) is 1. The molecule has 0 fully saturated rings. The number of hydrogen-bond acceptors (Lipinski definition) is 6. The largest absolute Gasteiger partial charge is 0.496 e. The number of esters is 1. The monoisotopic (exact) mass is 382 g/mol. The number of benzene rings is 2. The van der Waals surface area contributed by atoms with E-state index in [4.69, 9.17) is 4.74 Å². The molecule has 7 heteroatoms. The van der Waals surface area contributed by atoms with Crippen LogP contribution in [0.25, 0.3) is 11.3 Å². The summed E-state index contributed by atoms with van der Waals surface area (Å²) in [6.07, 6.45) is 0. The summed E-state index contributed by atoms with van der Waals surface area (Å²) in [5.74, 6) is 0.0810. The fraction of sp³-hybridized carbons (Fsp3) is 0.150. The minimum atomic E-state index is -0.443. The summed E-state index contributed by atoms with van der Waals surface area (Å²) in [6.45, 7) is 1.97. The zero-order valence-corrected chi connectivity index (χ0v) is 15.9. The fourth-order valence-corrected chi connectivity index (χ4v) is 3.26. The number of methoxy groups -OCH3 is 2. The molecule has 0 spiro atoms. The number of nitrogens with one attached hydrogen (secondary N) is 1. The number of aryl methyl sites for hydroxylation is 1. The highest BCUT2D eigenvalue weighted by Gasteiger charge is 2.12. The molecule has 0 saturated carbocycles. The van der Waals surface area contributed by atoms with Crippen molar-refractivity contribution in [1.82, 2.24) is 4.98 Å². The summed E-state index contributed by atoms with van der Waals surface area (Å²) in [4.78, 5) is 28.3. The summed E-state index contributed by atoms with van der Waals surface area (Å²) in [5.41, 5.74) is 3.56. The Morgan fingerprint density at radius 1 is 1.04 bits per heavy atom. The number of aromatic nitrogens is 1. The fourth-order valence-electron chi connectivity index (χ4n) is 2.55. The van der Waals surface area contributed by atoms with Crippen LogP contribution in [-0.2, 0) is 4.74 Å². The lowest BCUT2D eigenvalue weighted by Crippen LogP contribution is -2.12. The molecular weight excluding hydrogens is 364 g/mol. The molecule has 0 aliphatic heterocycles. The molecule has 138 valence electrons. The van der Waals surface area contributed by atoms with Gasteiger partial charge in [-0.15, -0.1) is 11.3 Å². The van der Waals surface area contributed by atoms with E-state index in [9.17, 15) is 9.59 Å². The molecule has 27 heavy (non-hydrogen) atoms. The van der Waals surface area contributed by atoms with Crippen LogP contribution in [0.4, 0.5) is 5.13 Å². The lowest BCUT2D eigenvalue weighted by Gasteiger charge is -2.05. The number of carbonyl (C=O) groups excluding carboxylic acids is 2. The van der Waals surface area contributed by atoms with Crippen LogP contribution in [0.3, 0.4) is 0 Å². The van der Waals surface area contributed by atoms with Gasteiger partial charge in [-0.3, -0.25) is 10.1 Å². The van der Waals surface area contributed by atoms with Gasteiger partial charge in [0.25, 0.3) is 5.91 Å². The summed E-state index contributed by atoms with van der Waals surface area (Å²) >= 11 is 1.35. The van der Waals surface area contributed by atoms with Gasteiger partial charge in [-0.25, -0.2) is 9.78 Å². The standard InChI is InChI=1S/C20H18N2O4S/c1-12-10-15(8-9-17(12)25-2)16-11-27-20(21-16)22-18(23)13-4-6-14(7-5-13)19(24)26-3/h4-11H,1-3H3,(H,21,22,23). The molecule has 0 atom stereocenters. The smallest absolute Gasteiger partial charge is 0.337 e. The first kappa shape index (κ1) is 18.6. The van der Waals surface area contributed by atoms with E-state index in [0.29, 0.717) is 16.3 Å². The Balaban J connectivity index is 1.72. The first-order valence-electron chi connectivity index (χ1n) is 8.12. The van der Waals surface area contributed by atoms with Gasteiger partial charge in [0.2, 0.25) is 0 Å². The van der Waals surface area contributed by atoms with Crippen LogP contribution in [0.2, 0.25) is 0 Å². The van der Waals surface area contributed by atoms with E-state index in [2.05, 4.69) is 15.0 Å². The number of rotatable bonds is 5. The van der Waals surface area contributed by atoms with Crippen molar-refractivity contribution >= 4 is 28.3 Å². The SMILES string of the molecule is COC(=O)c1ccc(C(=O)Nc2nc(-c3ccc(OC)c(C)c3)cs2)cc1. The Morgan fingerprint density at radius 2 is 1.74 bits per heavy atom. The second kappa shape index (κ2) is 8.01. The number of amides is 1. The van der Waals surface area contributed by atoms with E-state index in [1.807, 2.05) is 30.5 Å². The van der Waals surface area contributed by atoms with Crippen molar-refractivity contribution in [2.24, 2.45) is 0 Å². The molecule has 6 nitrogen and oxygen atoms in total. The maximum Gasteiger partial charge on any atom is 0.337 e. The Bertz CT molecular complexity index is 980. The molecule has 0 aliphatic carbocycles. The summed E-state index contributed by atoms with van der Waals surface area (Å²) in [7, 11) is 2.95. The van der Waals surface area contributed by atoms with Crippen LogP contribution >= 0.6 is 11.3 Å². The molecule has 1 aromatic heterocycles. The molecule has 2 aromatic carbocycles. The number of anilines is 1. The average Bonchev–Trinajstić information content (AvgIpc) is 3.15. The third-order valence-corrected chi connectivity index (χ3v) is 4.74. The first-order valence-corrected chi connectivity index (χ1v) is 9.00. The van der Waals surface area contributed by atoms with Crippen LogP contribution in [-0.4, -0.2) is 31.1 Å². The lowest BCUT2D eigenvalue weighted by atomic mass is 10.1. The molecule has 3 aromatic rings. The van der Waals surface area contributed by atoms with E-state index in [1.165, 1.54) is 18.4 Å². The van der Waals surface area contributed by atoms with E-state index in [1.54, 1.807) is 31.4 Å².